The normalized spacial score (nSPS) is 11.9. The van der Waals surface area contributed by atoms with Crippen molar-refractivity contribution >= 4 is 10.0 Å². The van der Waals surface area contributed by atoms with Crippen LogP contribution in [-0.2, 0) is 16.6 Å². The number of hydrogen-bond donors (Lipinski definition) is 2. The second-order valence-electron chi connectivity index (χ2n) is 3.11. The van der Waals surface area contributed by atoms with E-state index in [0.29, 0.717) is 11.7 Å². The lowest BCUT2D eigenvalue weighted by molar-refractivity contribution is 0.319. The number of rotatable bonds is 5. The van der Waals surface area contributed by atoms with E-state index in [0.717, 1.165) is 5.69 Å². The molecule has 0 bridgehead atoms. The van der Waals surface area contributed by atoms with Gasteiger partial charge in [-0.2, -0.15) is 0 Å². The van der Waals surface area contributed by atoms with Gasteiger partial charge in [-0.05, 0) is 13.8 Å². The molecule has 1 aromatic rings. The first kappa shape index (κ1) is 12.2. The van der Waals surface area contributed by atoms with Crippen molar-refractivity contribution in [2.24, 2.45) is 0 Å². The van der Waals surface area contributed by atoms with Crippen molar-refractivity contribution in [1.82, 2.24) is 9.71 Å². The molecule has 0 aromatic carbocycles. The summed E-state index contributed by atoms with van der Waals surface area (Å²) in [6.07, 6.45) is 0. The van der Waals surface area contributed by atoms with Gasteiger partial charge in [-0.3, -0.25) is 0 Å². The fraction of sp³-hybridized carbons (Fsp3) is 0.625. The third kappa shape index (κ3) is 3.61. The predicted octanol–water partition coefficient (Wildman–Crippen LogP) is -0.297. The third-order valence-electron chi connectivity index (χ3n) is 1.88. The lowest BCUT2D eigenvalue weighted by Gasteiger charge is -2.01. The average Bonchev–Trinajstić information content (AvgIpc) is 2.44. The number of hydrogen-bond acceptors (Lipinski definition) is 5. The van der Waals surface area contributed by atoms with Crippen LogP contribution in [0.2, 0.25) is 0 Å². The SMILES string of the molecule is Cc1nc(CNS(=O)(=O)CCO)oc1C. The molecule has 15 heavy (non-hydrogen) atoms. The van der Waals surface area contributed by atoms with Crippen LogP contribution in [0.15, 0.2) is 4.42 Å². The Balaban J connectivity index is 2.57. The Morgan fingerprint density at radius 1 is 1.47 bits per heavy atom. The maximum absolute atomic E-state index is 11.2. The topological polar surface area (TPSA) is 92.4 Å². The van der Waals surface area contributed by atoms with Crippen LogP contribution in [0, 0.1) is 13.8 Å². The number of oxazole rings is 1. The molecule has 7 heteroatoms. The molecule has 0 spiro atoms. The number of aliphatic hydroxyl groups excluding tert-OH is 1. The van der Waals surface area contributed by atoms with Gasteiger partial charge in [0.2, 0.25) is 15.9 Å². The van der Waals surface area contributed by atoms with Gasteiger partial charge in [-0.1, -0.05) is 0 Å². The van der Waals surface area contributed by atoms with Crippen LogP contribution in [0.4, 0.5) is 0 Å². The molecule has 0 radical (unpaired) electrons. The maximum Gasteiger partial charge on any atom is 0.214 e. The largest absolute Gasteiger partial charge is 0.444 e. The molecule has 0 fully saturated rings. The van der Waals surface area contributed by atoms with Gasteiger partial charge in [0.15, 0.2) is 0 Å². The molecule has 0 aliphatic heterocycles. The smallest absolute Gasteiger partial charge is 0.214 e. The highest BCUT2D eigenvalue weighted by atomic mass is 32.2. The summed E-state index contributed by atoms with van der Waals surface area (Å²) in [4.78, 5) is 4.02. The van der Waals surface area contributed by atoms with E-state index in [9.17, 15) is 8.42 Å². The van der Waals surface area contributed by atoms with Gasteiger partial charge in [-0.15, -0.1) is 0 Å². The molecule has 0 atom stereocenters. The van der Waals surface area contributed by atoms with Crippen LogP contribution in [0.25, 0.3) is 0 Å². The minimum Gasteiger partial charge on any atom is -0.444 e. The van der Waals surface area contributed by atoms with Crippen LogP contribution in [0.3, 0.4) is 0 Å². The predicted molar refractivity (Wildman–Crippen MR) is 53.7 cm³/mol. The average molecular weight is 234 g/mol. The van der Waals surface area contributed by atoms with Gasteiger partial charge in [0.25, 0.3) is 0 Å². The number of sulfonamides is 1. The van der Waals surface area contributed by atoms with Crippen LogP contribution >= 0.6 is 0 Å². The summed E-state index contributed by atoms with van der Waals surface area (Å²) in [5.74, 6) is 0.684. The number of nitrogens with zero attached hydrogens (tertiary/aromatic N) is 1. The summed E-state index contributed by atoms with van der Waals surface area (Å²) in [5.41, 5.74) is 0.742. The van der Waals surface area contributed by atoms with Crippen molar-refractivity contribution in [2.75, 3.05) is 12.4 Å². The Hall–Kier alpha value is -0.920. The Morgan fingerprint density at radius 3 is 2.60 bits per heavy atom. The third-order valence-corrected chi connectivity index (χ3v) is 3.18. The number of aromatic nitrogens is 1. The molecule has 86 valence electrons. The van der Waals surface area contributed by atoms with E-state index in [1.807, 2.05) is 0 Å². The standard InChI is InChI=1S/C8H14N2O4S/c1-6-7(2)14-8(10-6)5-9-15(12,13)4-3-11/h9,11H,3-5H2,1-2H3. The van der Waals surface area contributed by atoms with E-state index in [1.165, 1.54) is 0 Å². The molecule has 0 aliphatic rings. The molecule has 0 saturated carbocycles. The van der Waals surface area contributed by atoms with Crippen molar-refractivity contribution in [3.8, 4) is 0 Å². The van der Waals surface area contributed by atoms with Crippen LogP contribution in [0.1, 0.15) is 17.3 Å². The molecule has 1 aromatic heterocycles. The molecule has 6 nitrogen and oxygen atoms in total. The van der Waals surface area contributed by atoms with Crippen molar-refractivity contribution in [3.05, 3.63) is 17.3 Å². The summed E-state index contributed by atoms with van der Waals surface area (Å²) in [6, 6.07) is 0. The Bertz CT molecular complexity index is 404. The second kappa shape index (κ2) is 4.73. The zero-order valence-electron chi connectivity index (χ0n) is 8.65. The fourth-order valence-electron chi connectivity index (χ4n) is 0.979. The van der Waals surface area contributed by atoms with Gasteiger partial charge >= 0.3 is 0 Å². The molecule has 0 saturated heterocycles. The van der Waals surface area contributed by atoms with Gasteiger partial charge < -0.3 is 9.52 Å². The van der Waals surface area contributed by atoms with Crippen molar-refractivity contribution < 1.29 is 17.9 Å². The van der Waals surface area contributed by atoms with E-state index in [1.54, 1.807) is 13.8 Å². The molecular weight excluding hydrogens is 220 g/mol. The molecule has 2 N–H and O–H groups in total. The highest BCUT2D eigenvalue weighted by molar-refractivity contribution is 7.89. The molecule has 1 heterocycles. The first-order chi connectivity index (χ1) is 6.94. The lowest BCUT2D eigenvalue weighted by Crippen LogP contribution is -2.27. The van der Waals surface area contributed by atoms with E-state index in [2.05, 4.69) is 9.71 Å². The summed E-state index contributed by atoms with van der Waals surface area (Å²) in [6.45, 7) is 3.15. The van der Waals surface area contributed by atoms with Crippen LogP contribution in [-0.4, -0.2) is 30.9 Å². The molecule has 0 aliphatic carbocycles. The summed E-state index contributed by atoms with van der Waals surface area (Å²) in [5, 5.41) is 8.49. The van der Waals surface area contributed by atoms with Gasteiger partial charge in [0.05, 0.1) is 24.6 Å². The Labute approximate surface area is 88.4 Å². The van der Waals surface area contributed by atoms with Crippen molar-refractivity contribution in [3.63, 3.8) is 0 Å². The minimum atomic E-state index is -3.43. The van der Waals surface area contributed by atoms with Crippen molar-refractivity contribution in [2.45, 2.75) is 20.4 Å². The lowest BCUT2D eigenvalue weighted by atomic mass is 10.4. The summed E-state index contributed by atoms with van der Waals surface area (Å²) < 4.78 is 29.8. The van der Waals surface area contributed by atoms with Gasteiger partial charge in [-0.25, -0.2) is 18.1 Å². The highest BCUT2D eigenvalue weighted by Gasteiger charge is 2.11. The first-order valence-corrected chi connectivity index (χ1v) is 6.11. The summed E-state index contributed by atoms with van der Waals surface area (Å²) in [7, 11) is -3.43. The van der Waals surface area contributed by atoms with E-state index >= 15 is 0 Å². The zero-order chi connectivity index (χ0) is 11.5. The van der Waals surface area contributed by atoms with Crippen LogP contribution in [0.5, 0.6) is 0 Å². The minimum absolute atomic E-state index is 0.0109. The monoisotopic (exact) mass is 234 g/mol. The van der Waals surface area contributed by atoms with Crippen LogP contribution < -0.4 is 4.72 Å². The zero-order valence-corrected chi connectivity index (χ0v) is 9.47. The number of nitrogens with one attached hydrogen (secondary N) is 1. The maximum atomic E-state index is 11.2. The second-order valence-corrected chi connectivity index (χ2v) is 5.04. The van der Waals surface area contributed by atoms with E-state index in [4.69, 9.17) is 9.52 Å². The Kier molecular flexibility index (Phi) is 3.83. The first-order valence-electron chi connectivity index (χ1n) is 4.45. The molecule has 1 rings (SSSR count). The number of aliphatic hydroxyl groups is 1. The fourth-order valence-corrected chi connectivity index (χ4v) is 1.71. The number of aryl methyl sites for hydroxylation is 2. The van der Waals surface area contributed by atoms with Gasteiger partial charge in [0.1, 0.15) is 5.76 Å². The highest BCUT2D eigenvalue weighted by Crippen LogP contribution is 2.07. The van der Waals surface area contributed by atoms with E-state index < -0.39 is 16.6 Å². The van der Waals surface area contributed by atoms with E-state index in [-0.39, 0.29) is 12.3 Å². The molecule has 0 amide bonds. The molecular formula is C8H14N2O4S. The van der Waals surface area contributed by atoms with Crippen molar-refractivity contribution in [1.29, 1.82) is 0 Å². The van der Waals surface area contributed by atoms with Gasteiger partial charge in [0, 0.05) is 0 Å². The molecule has 0 unspecified atom stereocenters. The summed E-state index contributed by atoms with van der Waals surface area (Å²) >= 11 is 0. The Morgan fingerprint density at radius 2 is 2.13 bits per heavy atom. The quantitative estimate of drug-likeness (QED) is 0.730.